The van der Waals surface area contributed by atoms with Crippen LogP contribution in [-0.2, 0) is 0 Å². The van der Waals surface area contributed by atoms with Gasteiger partial charge in [0, 0.05) is 6.20 Å². The Hall–Kier alpha value is -1.30. The van der Waals surface area contributed by atoms with Gasteiger partial charge in [0.2, 0.25) is 0 Å². The molecule has 0 amide bonds. The summed E-state index contributed by atoms with van der Waals surface area (Å²) in [7, 11) is 0. The molecule has 0 aromatic carbocycles. The summed E-state index contributed by atoms with van der Waals surface area (Å²) < 4.78 is 0. The van der Waals surface area contributed by atoms with Crippen molar-refractivity contribution < 1.29 is 0 Å². The first-order valence-electron chi connectivity index (χ1n) is 1.82. The van der Waals surface area contributed by atoms with Gasteiger partial charge < -0.3 is 4.98 Å². The van der Waals surface area contributed by atoms with Gasteiger partial charge in [0.15, 0.2) is 5.69 Å². The van der Waals surface area contributed by atoms with E-state index in [0.717, 1.165) is 0 Å². The van der Waals surface area contributed by atoms with Gasteiger partial charge in [-0.15, -0.1) is 0 Å². The Morgan fingerprint density at radius 2 is 2.71 bits per heavy atom. The van der Waals surface area contributed by atoms with Crippen LogP contribution in [0.1, 0.15) is 5.69 Å². The third kappa shape index (κ3) is 0.578. The molecule has 0 fully saturated rings. The van der Waals surface area contributed by atoms with Crippen molar-refractivity contribution in [2.75, 3.05) is 0 Å². The van der Waals surface area contributed by atoms with Gasteiger partial charge in [-0.25, -0.2) is 4.98 Å². The third-order valence-electron chi connectivity index (χ3n) is 0.613. The quantitative estimate of drug-likeness (QED) is 0.501. The highest BCUT2D eigenvalue weighted by molar-refractivity contribution is 5.13. The predicted molar refractivity (Wildman–Crippen MR) is 23.3 cm³/mol. The summed E-state index contributed by atoms with van der Waals surface area (Å²) in [4.78, 5) is 6.27. The van der Waals surface area contributed by atoms with Gasteiger partial charge in [-0.2, -0.15) is 5.26 Å². The van der Waals surface area contributed by atoms with Crippen LogP contribution in [0.15, 0.2) is 12.5 Å². The molecule has 0 atom stereocenters. The highest BCUT2D eigenvalue weighted by atomic mass is 14.9. The number of nitrogens with zero attached hydrogens (tertiary/aromatic N) is 2. The molecule has 1 aromatic heterocycles. The van der Waals surface area contributed by atoms with E-state index in [1.807, 2.05) is 6.07 Å². The molecule has 1 rings (SSSR count). The van der Waals surface area contributed by atoms with Gasteiger partial charge in [0.25, 0.3) is 0 Å². The standard InChI is InChI=1S/C4H3N3/c5-1-4-2-6-3-7-4/h2-3H,(H,6,7). The van der Waals surface area contributed by atoms with Crippen molar-refractivity contribution in [1.29, 1.82) is 5.26 Å². The number of aromatic nitrogens is 2. The maximum absolute atomic E-state index is 8.09. The Balaban J connectivity index is 3.04. The monoisotopic (exact) mass is 93.0 g/mol. The second-order valence-corrected chi connectivity index (χ2v) is 1.07. The van der Waals surface area contributed by atoms with E-state index in [9.17, 15) is 0 Å². The molecule has 0 aliphatic carbocycles. The minimum atomic E-state index is 0.431. The van der Waals surface area contributed by atoms with E-state index in [4.69, 9.17) is 5.26 Å². The number of nitrogens with one attached hydrogen (secondary N) is 1. The number of aromatic amines is 1. The first kappa shape index (κ1) is 3.88. The summed E-state index contributed by atoms with van der Waals surface area (Å²) in [6.07, 6.45) is 3.01. The van der Waals surface area contributed by atoms with Crippen LogP contribution in [0.5, 0.6) is 0 Å². The van der Waals surface area contributed by atoms with Gasteiger partial charge >= 0.3 is 0 Å². The zero-order valence-corrected chi connectivity index (χ0v) is 3.55. The third-order valence-corrected chi connectivity index (χ3v) is 0.613. The van der Waals surface area contributed by atoms with Crippen molar-refractivity contribution in [3.8, 4) is 6.07 Å². The normalized spacial score (nSPS) is 7.86. The Labute approximate surface area is 40.6 Å². The van der Waals surface area contributed by atoms with Crippen LogP contribution in [0.4, 0.5) is 0 Å². The highest BCUT2D eigenvalue weighted by Gasteiger charge is 1.83. The molecule has 0 radical (unpaired) electrons. The number of imidazole rings is 1. The molecule has 1 N–H and O–H groups in total. The fourth-order valence-electron chi connectivity index (χ4n) is 0.321. The van der Waals surface area contributed by atoms with Crippen LogP contribution in [0.3, 0.4) is 0 Å². The molecule has 0 aliphatic heterocycles. The minimum absolute atomic E-state index is 0.431. The van der Waals surface area contributed by atoms with Crippen molar-refractivity contribution >= 4 is 0 Å². The van der Waals surface area contributed by atoms with E-state index < -0.39 is 0 Å². The summed E-state index contributed by atoms with van der Waals surface area (Å²) >= 11 is 0. The summed E-state index contributed by atoms with van der Waals surface area (Å²) in [5.74, 6) is 0. The highest BCUT2D eigenvalue weighted by Crippen LogP contribution is 1.82. The van der Waals surface area contributed by atoms with Crippen molar-refractivity contribution in [2.45, 2.75) is 0 Å². The van der Waals surface area contributed by atoms with Gasteiger partial charge in [0.1, 0.15) is 6.07 Å². The Morgan fingerprint density at radius 3 is 3.00 bits per heavy atom. The number of hydrogen-bond acceptors (Lipinski definition) is 2. The summed E-state index contributed by atoms with van der Waals surface area (Å²) in [5, 5.41) is 8.09. The van der Waals surface area contributed by atoms with Crippen LogP contribution < -0.4 is 0 Å². The molecule has 1 heterocycles. The van der Waals surface area contributed by atoms with Crippen molar-refractivity contribution in [1.82, 2.24) is 9.97 Å². The largest absolute Gasteiger partial charge is 0.350 e. The van der Waals surface area contributed by atoms with E-state index in [1.165, 1.54) is 6.33 Å². The molecule has 3 nitrogen and oxygen atoms in total. The second-order valence-electron chi connectivity index (χ2n) is 1.07. The molecular formula is C4H3N3. The van der Waals surface area contributed by atoms with Crippen LogP contribution in [-0.4, -0.2) is 9.97 Å². The number of nitriles is 1. The summed E-state index contributed by atoms with van der Waals surface area (Å²) in [6, 6.07) is 1.86. The van der Waals surface area contributed by atoms with Crippen LogP contribution >= 0.6 is 0 Å². The zero-order chi connectivity index (χ0) is 5.11. The van der Waals surface area contributed by atoms with Gasteiger partial charge in [-0.3, -0.25) is 0 Å². The van der Waals surface area contributed by atoms with Crippen LogP contribution in [0.2, 0.25) is 0 Å². The molecule has 0 spiro atoms. The lowest BCUT2D eigenvalue weighted by Gasteiger charge is -1.61. The molecule has 0 unspecified atom stereocenters. The Kier molecular flexibility index (Phi) is 0.794. The molecule has 1 aromatic rings. The summed E-state index contributed by atoms with van der Waals surface area (Å²) in [6.45, 7) is 0. The molecule has 34 valence electrons. The molecule has 0 saturated carbocycles. The lowest BCUT2D eigenvalue weighted by molar-refractivity contribution is 1.29. The smallest absolute Gasteiger partial charge is 0.158 e. The Bertz CT molecular complexity index is 169. The average Bonchev–Trinajstić information content (AvgIpc) is 2.14. The first-order valence-corrected chi connectivity index (χ1v) is 1.82. The van der Waals surface area contributed by atoms with Gasteiger partial charge in [0.05, 0.1) is 6.33 Å². The number of hydrogen-bond donors (Lipinski definition) is 1. The Morgan fingerprint density at radius 1 is 1.86 bits per heavy atom. The van der Waals surface area contributed by atoms with Crippen LogP contribution in [0.25, 0.3) is 0 Å². The molecule has 0 aliphatic rings. The first-order chi connectivity index (χ1) is 3.43. The molecule has 0 saturated heterocycles. The van der Waals surface area contributed by atoms with Gasteiger partial charge in [-0.05, 0) is 0 Å². The maximum Gasteiger partial charge on any atom is 0.158 e. The fourth-order valence-corrected chi connectivity index (χ4v) is 0.321. The molecule has 3 heteroatoms. The average molecular weight is 93.1 g/mol. The molecule has 7 heavy (non-hydrogen) atoms. The SMILES string of the molecule is N#Cc1c[nH]cn1. The lowest BCUT2D eigenvalue weighted by Crippen LogP contribution is -1.64. The minimum Gasteiger partial charge on any atom is -0.350 e. The second kappa shape index (κ2) is 1.43. The van der Waals surface area contributed by atoms with E-state index in [1.54, 1.807) is 6.20 Å². The predicted octanol–water partition coefficient (Wildman–Crippen LogP) is 0.281. The van der Waals surface area contributed by atoms with Crippen molar-refractivity contribution in [3.05, 3.63) is 18.2 Å². The van der Waals surface area contributed by atoms with Crippen LogP contribution in [0, 0.1) is 11.3 Å². The van der Waals surface area contributed by atoms with E-state index in [2.05, 4.69) is 9.97 Å². The molecule has 0 bridgehead atoms. The number of rotatable bonds is 0. The van der Waals surface area contributed by atoms with Gasteiger partial charge in [-0.1, -0.05) is 0 Å². The lowest BCUT2D eigenvalue weighted by atomic mass is 10.6. The van der Waals surface area contributed by atoms with E-state index >= 15 is 0 Å². The molecular weight excluding hydrogens is 90.1 g/mol. The van der Waals surface area contributed by atoms with Crippen molar-refractivity contribution in [2.24, 2.45) is 0 Å². The van der Waals surface area contributed by atoms with Crippen molar-refractivity contribution in [3.63, 3.8) is 0 Å². The fraction of sp³-hybridized carbons (Fsp3) is 0. The summed E-state index contributed by atoms with van der Waals surface area (Å²) in [5.41, 5.74) is 0.431. The number of H-pyrrole nitrogens is 1. The zero-order valence-electron chi connectivity index (χ0n) is 3.55. The maximum atomic E-state index is 8.09. The van der Waals surface area contributed by atoms with E-state index in [0.29, 0.717) is 5.69 Å². The topological polar surface area (TPSA) is 52.5 Å². The van der Waals surface area contributed by atoms with E-state index in [-0.39, 0.29) is 0 Å².